The summed E-state index contributed by atoms with van der Waals surface area (Å²) >= 11 is 0. The van der Waals surface area contributed by atoms with Crippen LogP contribution in [-0.4, -0.2) is 18.1 Å². The van der Waals surface area contributed by atoms with Gasteiger partial charge in [0.15, 0.2) is 0 Å². The van der Waals surface area contributed by atoms with Gasteiger partial charge in [-0.15, -0.1) is 0 Å². The molecule has 0 radical (unpaired) electrons. The normalized spacial score (nSPS) is 12.8. The summed E-state index contributed by atoms with van der Waals surface area (Å²) in [4.78, 5) is 3.83. The molecule has 0 aromatic carbocycles. The zero-order valence-electron chi connectivity index (χ0n) is 10.9. The highest BCUT2D eigenvalue weighted by Crippen LogP contribution is 2.38. The first-order valence-corrected chi connectivity index (χ1v) is 6.01. The van der Waals surface area contributed by atoms with Gasteiger partial charge >= 0.3 is 6.18 Å². The second kappa shape index (κ2) is 5.69. The van der Waals surface area contributed by atoms with Gasteiger partial charge in [-0.3, -0.25) is 4.98 Å². The predicted molar refractivity (Wildman–Crippen MR) is 65.4 cm³/mol. The molecule has 0 atom stereocenters. The fourth-order valence-corrected chi connectivity index (χ4v) is 1.89. The Morgan fingerprint density at radius 3 is 2.44 bits per heavy atom. The first-order chi connectivity index (χ1) is 8.29. The predicted octanol–water partition coefficient (Wildman–Crippen LogP) is 3.38. The Morgan fingerprint density at radius 1 is 1.22 bits per heavy atom. The highest BCUT2D eigenvalue weighted by molar-refractivity contribution is 5.32. The van der Waals surface area contributed by atoms with E-state index in [1.165, 1.54) is 12.4 Å². The number of pyridine rings is 1. The van der Waals surface area contributed by atoms with Gasteiger partial charge in [0.05, 0.1) is 5.56 Å². The van der Waals surface area contributed by atoms with Gasteiger partial charge in [0.25, 0.3) is 0 Å². The number of alkyl halides is 3. The summed E-state index contributed by atoms with van der Waals surface area (Å²) < 4.78 is 38.8. The Balaban J connectivity index is 3.00. The van der Waals surface area contributed by atoms with Crippen molar-refractivity contribution in [1.29, 1.82) is 0 Å². The molecule has 0 saturated heterocycles. The van der Waals surface area contributed by atoms with Crippen LogP contribution in [0.1, 0.15) is 38.3 Å². The summed E-state index contributed by atoms with van der Waals surface area (Å²) in [6.45, 7) is 7.11. The molecule has 0 amide bonds. The molecule has 1 heterocycles. The maximum Gasteiger partial charge on any atom is 0.416 e. The van der Waals surface area contributed by atoms with Crippen LogP contribution in [0, 0.1) is 0 Å². The number of nitrogens with zero attached hydrogens (tertiary/aromatic N) is 1. The van der Waals surface area contributed by atoms with Gasteiger partial charge in [0.1, 0.15) is 0 Å². The van der Waals surface area contributed by atoms with Crippen LogP contribution in [0.2, 0.25) is 0 Å². The van der Waals surface area contributed by atoms with Crippen molar-refractivity contribution < 1.29 is 13.2 Å². The third-order valence-electron chi connectivity index (χ3n) is 3.03. The summed E-state index contributed by atoms with van der Waals surface area (Å²) in [6.07, 6.45) is -1.18. The Hall–Kier alpha value is -1.10. The lowest BCUT2D eigenvalue weighted by Crippen LogP contribution is -2.28. The van der Waals surface area contributed by atoms with Crippen LogP contribution < -0.4 is 5.32 Å². The molecule has 1 N–H and O–H groups in total. The average Bonchev–Trinajstić information content (AvgIpc) is 2.28. The number of halogens is 3. The molecule has 0 unspecified atom stereocenters. The van der Waals surface area contributed by atoms with Crippen LogP contribution in [0.3, 0.4) is 0 Å². The van der Waals surface area contributed by atoms with Crippen molar-refractivity contribution in [3.63, 3.8) is 0 Å². The molecule has 0 aliphatic heterocycles. The van der Waals surface area contributed by atoms with Gasteiger partial charge in [0.2, 0.25) is 0 Å². The van der Waals surface area contributed by atoms with Gasteiger partial charge in [-0.2, -0.15) is 13.2 Å². The molecule has 0 aliphatic rings. The quantitative estimate of drug-likeness (QED) is 0.821. The van der Waals surface area contributed by atoms with Crippen molar-refractivity contribution in [3.8, 4) is 0 Å². The van der Waals surface area contributed by atoms with Crippen LogP contribution in [-0.2, 0) is 11.6 Å². The number of hydrogen-bond donors (Lipinski definition) is 1. The first-order valence-electron chi connectivity index (χ1n) is 6.01. The molecule has 0 bridgehead atoms. The van der Waals surface area contributed by atoms with E-state index in [0.717, 1.165) is 12.6 Å². The average molecular weight is 260 g/mol. The molecule has 0 spiro atoms. The van der Waals surface area contributed by atoms with E-state index >= 15 is 0 Å². The lowest BCUT2D eigenvalue weighted by Gasteiger charge is -2.28. The van der Waals surface area contributed by atoms with Crippen LogP contribution in [0.25, 0.3) is 0 Å². The van der Waals surface area contributed by atoms with Gasteiger partial charge in [0, 0.05) is 12.4 Å². The fraction of sp³-hybridized carbons (Fsp3) is 0.615. The van der Waals surface area contributed by atoms with Crippen molar-refractivity contribution in [2.75, 3.05) is 13.1 Å². The molecule has 0 saturated carbocycles. The molecule has 1 aromatic rings. The van der Waals surface area contributed by atoms with E-state index in [4.69, 9.17) is 0 Å². The molecule has 1 aromatic heterocycles. The standard InChI is InChI=1S/C13H19F3N2/c1-4-17-8-6-12(2,3)11-9-18-7-5-10(11)13(14,15)16/h5,7,9,17H,4,6,8H2,1-3H3. The highest BCUT2D eigenvalue weighted by Gasteiger charge is 2.37. The van der Waals surface area contributed by atoms with Crippen molar-refractivity contribution in [2.24, 2.45) is 0 Å². The summed E-state index contributed by atoms with van der Waals surface area (Å²) in [5.74, 6) is 0. The molecule has 0 fully saturated rings. The number of aromatic nitrogens is 1. The topological polar surface area (TPSA) is 24.9 Å². The van der Waals surface area contributed by atoms with Crippen LogP contribution >= 0.6 is 0 Å². The largest absolute Gasteiger partial charge is 0.416 e. The van der Waals surface area contributed by atoms with Crippen LogP contribution in [0.15, 0.2) is 18.5 Å². The first kappa shape index (κ1) is 15.0. The number of nitrogens with one attached hydrogen (secondary N) is 1. The summed E-state index contributed by atoms with van der Waals surface area (Å²) in [5, 5.41) is 3.13. The van der Waals surface area contributed by atoms with Gasteiger partial charge in [-0.25, -0.2) is 0 Å². The van der Waals surface area contributed by atoms with E-state index in [1.807, 2.05) is 20.8 Å². The van der Waals surface area contributed by atoms with Crippen molar-refractivity contribution in [1.82, 2.24) is 10.3 Å². The summed E-state index contributed by atoms with van der Waals surface area (Å²) in [6, 6.07) is 1.05. The van der Waals surface area contributed by atoms with Crippen molar-refractivity contribution in [3.05, 3.63) is 29.6 Å². The second-order valence-corrected chi connectivity index (χ2v) is 4.91. The minimum Gasteiger partial charge on any atom is -0.317 e. The van der Waals surface area contributed by atoms with Crippen LogP contribution in [0.4, 0.5) is 13.2 Å². The molecule has 18 heavy (non-hydrogen) atoms. The molecule has 102 valence electrons. The fourth-order valence-electron chi connectivity index (χ4n) is 1.89. The second-order valence-electron chi connectivity index (χ2n) is 4.91. The maximum absolute atomic E-state index is 12.9. The van der Waals surface area contributed by atoms with Crippen molar-refractivity contribution >= 4 is 0 Å². The molecule has 2 nitrogen and oxygen atoms in total. The number of rotatable bonds is 5. The Bertz CT molecular complexity index is 386. The number of hydrogen-bond acceptors (Lipinski definition) is 2. The van der Waals surface area contributed by atoms with E-state index in [2.05, 4.69) is 10.3 Å². The smallest absolute Gasteiger partial charge is 0.317 e. The zero-order valence-corrected chi connectivity index (χ0v) is 10.9. The Kier molecular flexibility index (Phi) is 4.73. The van der Waals surface area contributed by atoms with E-state index in [9.17, 15) is 13.2 Å². The highest BCUT2D eigenvalue weighted by atomic mass is 19.4. The van der Waals surface area contributed by atoms with E-state index in [0.29, 0.717) is 13.0 Å². The lowest BCUT2D eigenvalue weighted by atomic mass is 9.80. The van der Waals surface area contributed by atoms with Crippen LogP contribution in [0.5, 0.6) is 0 Å². The molecule has 5 heteroatoms. The third kappa shape index (κ3) is 3.70. The molecule has 1 rings (SSSR count). The minimum absolute atomic E-state index is 0.260. The SMILES string of the molecule is CCNCCC(C)(C)c1cnccc1C(F)(F)F. The van der Waals surface area contributed by atoms with E-state index < -0.39 is 17.2 Å². The summed E-state index contributed by atoms with van der Waals surface area (Å²) in [7, 11) is 0. The Morgan fingerprint density at radius 2 is 1.89 bits per heavy atom. The Labute approximate surface area is 106 Å². The summed E-state index contributed by atoms with van der Waals surface area (Å²) in [5.41, 5.74) is -0.879. The van der Waals surface area contributed by atoms with E-state index in [1.54, 1.807) is 0 Å². The molecular formula is C13H19F3N2. The van der Waals surface area contributed by atoms with Gasteiger partial charge in [-0.05, 0) is 36.6 Å². The monoisotopic (exact) mass is 260 g/mol. The third-order valence-corrected chi connectivity index (χ3v) is 3.03. The van der Waals surface area contributed by atoms with E-state index in [-0.39, 0.29) is 5.56 Å². The van der Waals surface area contributed by atoms with Gasteiger partial charge in [-0.1, -0.05) is 20.8 Å². The zero-order chi connectivity index (χ0) is 13.8. The minimum atomic E-state index is -4.33. The lowest BCUT2D eigenvalue weighted by molar-refractivity contribution is -0.138. The maximum atomic E-state index is 12.9. The molecular weight excluding hydrogens is 241 g/mol. The molecule has 0 aliphatic carbocycles. The van der Waals surface area contributed by atoms with Gasteiger partial charge < -0.3 is 5.32 Å². The van der Waals surface area contributed by atoms with Crippen molar-refractivity contribution in [2.45, 2.75) is 38.8 Å².